The van der Waals surface area contributed by atoms with Crippen molar-refractivity contribution in [3.8, 4) is 5.75 Å². The molecule has 100 valence electrons. The summed E-state index contributed by atoms with van der Waals surface area (Å²) < 4.78 is 5.32. The number of Topliss-reactive ketones (excluding diaryl/α,β-unsaturated/α-hetero) is 1. The van der Waals surface area contributed by atoms with Gasteiger partial charge in [-0.3, -0.25) is 4.79 Å². The van der Waals surface area contributed by atoms with Gasteiger partial charge in [-0.2, -0.15) is 0 Å². The quantitative estimate of drug-likeness (QED) is 0.817. The van der Waals surface area contributed by atoms with E-state index in [2.05, 4.69) is 0 Å². The van der Waals surface area contributed by atoms with Crippen molar-refractivity contribution >= 4 is 5.78 Å². The summed E-state index contributed by atoms with van der Waals surface area (Å²) >= 11 is 0. The van der Waals surface area contributed by atoms with Gasteiger partial charge < -0.3 is 9.84 Å². The Morgan fingerprint density at radius 3 is 2.39 bits per heavy atom. The van der Waals surface area contributed by atoms with Crippen LogP contribution in [0.1, 0.15) is 35.3 Å². The van der Waals surface area contributed by atoms with E-state index in [1.807, 2.05) is 39.8 Å². The summed E-state index contributed by atoms with van der Waals surface area (Å²) in [6.45, 7) is 7.62. The molecular weight excluding hydrogens is 228 g/mol. The molecule has 0 aromatic heterocycles. The molecule has 1 N–H and O–H groups in total. The Labute approximate surface area is 109 Å². The molecule has 0 bridgehead atoms. The van der Waals surface area contributed by atoms with Crippen molar-refractivity contribution < 1.29 is 14.6 Å². The van der Waals surface area contributed by atoms with Gasteiger partial charge in [-0.05, 0) is 37.0 Å². The molecule has 3 nitrogen and oxygen atoms in total. The second-order valence-electron chi connectivity index (χ2n) is 5.06. The first-order valence-electron chi connectivity index (χ1n) is 6.22. The SMILES string of the molecule is COc1c(C)cc(C)cc1C(=O)C(CO)C(C)C. The van der Waals surface area contributed by atoms with Crippen molar-refractivity contribution in [2.75, 3.05) is 13.7 Å². The van der Waals surface area contributed by atoms with Gasteiger partial charge >= 0.3 is 0 Å². The summed E-state index contributed by atoms with van der Waals surface area (Å²) in [5.74, 6) is 0.300. The molecule has 0 aliphatic rings. The monoisotopic (exact) mass is 250 g/mol. The number of methoxy groups -OCH3 is 1. The van der Waals surface area contributed by atoms with Gasteiger partial charge in [-0.25, -0.2) is 0 Å². The second kappa shape index (κ2) is 6.01. The highest BCUT2D eigenvalue weighted by atomic mass is 16.5. The predicted molar refractivity (Wildman–Crippen MR) is 72.2 cm³/mol. The number of aliphatic hydroxyl groups is 1. The summed E-state index contributed by atoms with van der Waals surface area (Å²) in [6, 6.07) is 3.82. The minimum Gasteiger partial charge on any atom is -0.496 e. The minimum absolute atomic E-state index is 0.0452. The molecule has 0 aliphatic heterocycles. The highest BCUT2D eigenvalue weighted by Crippen LogP contribution is 2.29. The summed E-state index contributed by atoms with van der Waals surface area (Å²) in [5.41, 5.74) is 2.54. The van der Waals surface area contributed by atoms with Crippen molar-refractivity contribution in [3.63, 3.8) is 0 Å². The van der Waals surface area contributed by atoms with Crippen molar-refractivity contribution in [1.29, 1.82) is 0 Å². The maximum absolute atomic E-state index is 12.5. The molecule has 18 heavy (non-hydrogen) atoms. The van der Waals surface area contributed by atoms with E-state index in [4.69, 9.17) is 4.74 Å². The Balaban J connectivity index is 3.27. The van der Waals surface area contributed by atoms with Crippen LogP contribution in [-0.2, 0) is 0 Å². The second-order valence-corrected chi connectivity index (χ2v) is 5.06. The van der Waals surface area contributed by atoms with E-state index in [1.165, 1.54) is 0 Å². The topological polar surface area (TPSA) is 46.5 Å². The van der Waals surface area contributed by atoms with E-state index in [0.717, 1.165) is 11.1 Å². The van der Waals surface area contributed by atoms with Gasteiger partial charge in [-0.15, -0.1) is 0 Å². The lowest BCUT2D eigenvalue weighted by molar-refractivity contribution is 0.0803. The first kappa shape index (κ1) is 14.7. The highest BCUT2D eigenvalue weighted by molar-refractivity contribution is 6.01. The molecule has 0 radical (unpaired) electrons. The Morgan fingerprint density at radius 1 is 1.33 bits per heavy atom. The van der Waals surface area contributed by atoms with Gasteiger partial charge in [0.2, 0.25) is 0 Å². The summed E-state index contributed by atoms with van der Waals surface area (Å²) in [5, 5.41) is 9.37. The van der Waals surface area contributed by atoms with Crippen LogP contribution >= 0.6 is 0 Å². The van der Waals surface area contributed by atoms with Gasteiger partial charge in [0, 0.05) is 5.92 Å². The van der Waals surface area contributed by atoms with E-state index in [-0.39, 0.29) is 24.2 Å². The van der Waals surface area contributed by atoms with E-state index < -0.39 is 0 Å². The summed E-state index contributed by atoms with van der Waals surface area (Å²) in [6.07, 6.45) is 0. The maximum Gasteiger partial charge on any atom is 0.172 e. The first-order valence-corrected chi connectivity index (χ1v) is 6.22. The molecule has 0 spiro atoms. The van der Waals surface area contributed by atoms with Crippen LogP contribution in [0.5, 0.6) is 5.75 Å². The number of carbonyl (C=O) groups is 1. The number of rotatable bonds is 5. The first-order chi connectivity index (χ1) is 8.42. The highest BCUT2D eigenvalue weighted by Gasteiger charge is 2.26. The van der Waals surface area contributed by atoms with Crippen LogP contribution in [0.4, 0.5) is 0 Å². The van der Waals surface area contributed by atoms with E-state index in [0.29, 0.717) is 11.3 Å². The van der Waals surface area contributed by atoms with Gasteiger partial charge in [0.15, 0.2) is 5.78 Å². The molecule has 1 unspecified atom stereocenters. The fraction of sp³-hybridized carbons (Fsp3) is 0.533. The standard InChI is InChI=1S/C15H22O3/c1-9(2)13(8-16)14(17)12-7-10(3)6-11(4)15(12)18-5/h6-7,9,13,16H,8H2,1-5H3. The largest absolute Gasteiger partial charge is 0.496 e. The average molecular weight is 250 g/mol. The lowest BCUT2D eigenvalue weighted by Gasteiger charge is -2.19. The Bertz CT molecular complexity index is 436. The third-order valence-corrected chi connectivity index (χ3v) is 3.23. The molecule has 1 atom stereocenters. The van der Waals surface area contributed by atoms with Crippen LogP contribution in [-0.4, -0.2) is 24.6 Å². The molecule has 3 heteroatoms. The fourth-order valence-electron chi connectivity index (χ4n) is 2.20. The number of carbonyl (C=O) groups excluding carboxylic acids is 1. The molecule has 0 heterocycles. The number of benzene rings is 1. The normalized spacial score (nSPS) is 12.6. The lowest BCUT2D eigenvalue weighted by Crippen LogP contribution is -2.24. The van der Waals surface area contributed by atoms with Gasteiger partial charge in [-0.1, -0.05) is 19.9 Å². The Morgan fingerprint density at radius 2 is 1.94 bits per heavy atom. The number of ketones is 1. The van der Waals surface area contributed by atoms with Crippen LogP contribution in [0.15, 0.2) is 12.1 Å². The van der Waals surface area contributed by atoms with Crippen LogP contribution in [0.25, 0.3) is 0 Å². The lowest BCUT2D eigenvalue weighted by atomic mass is 9.87. The average Bonchev–Trinajstić information content (AvgIpc) is 2.28. The molecule has 0 aliphatic carbocycles. The number of ether oxygens (including phenoxy) is 1. The van der Waals surface area contributed by atoms with E-state index >= 15 is 0 Å². The molecule has 1 aromatic carbocycles. The van der Waals surface area contributed by atoms with Crippen LogP contribution in [0.3, 0.4) is 0 Å². The van der Waals surface area contributed by atoms with Gasteiger partial charge in [0.05, 0.1) is 19.3 Å². The van der Waals surface area contributed by atoms with Crippen LogP contribution in [0, 0.1) is 25.7 Å². The molecule has 1 rings (SSSR count). The van der Waals surface area contributed by atoms with Crippen LogP contribution in [0.2, 0.25) is 0 Å². The number of hydrogen-bond donors (Lipinski definition) is 1. The van der Waals surface area contributed by atoms with Crippen molar-refractivity contribution in [3.05, 3.63) is 28.8 Å². The predicted octanol–water partition coefficient (Wildman–Crippen LogP) is 2.76. The zero-order valence-electron chi connectivity index (χ0n) is 11.8. The number of hydrogen-bond acceptors (Lipinski definition) is 3. The molecule has 0 fully saturated rings. The Hall–Kier alpha value is -1.35. The van der Waals surface area contributed by atoms with Crippen LogP contribution < -0.4 is 4.74 Å². The molecular formula is C15H22O3. The summed E-state index contributed by atoms with van der Waals surface area (Å²) in [4.78, 5) is 12.5. The fourth-order valence-corrected chi connectivity index (χ4v) is 2.20. The molecule has 1 aromatic rings. The molecule has 0 amide bonds. The van der Waals surface area contributed by atoms with Crippen molar-refractivity contribution in [2.45, 2.75) is 27.7 Å². The van der Waals surface area contributed by atoms with Crippen molar-refractivity contribution in [1.82, 2.24) is 0 Å². The van der Waals surface area contributed by atoms with Gasteiger partial charge in [0.1, 0.15) is 5.75 Å². The molecule has 0 saturated heterocycles. The zero-order valence-corrected chi connectivity index (χ0v) is 11.8. The summed E-state index contributed by atoms with van der Waals surface area (Å²) in [7, 11) is 1.57. The minimum atomic E-state index is -0.375. The maximum atomic E-state index is 12.5. The third-order valence-electron chi connectivity index (χ3n) is 3.23. The van der Waals surface area contributed by atoms with Crippen molar-refractivity contribution in [2.24, 2.45) is 11.8 Å². The zero-order chi connectivity index (χ0) is 13.9. The number of aliphatic hydroxyl groups excluding tert-OH is 1. The van der Waals surface area contributed by atoms with Gasteiger partial charge in [0.25, 0.3) is 0 Å². The third kappa shape index (κ3) is 2.91. The van der Waals surface area contributed by atoms with E-state index in [1.54, 1.807) is 7.11 Å². The smallest absolute Gasteiger partial charge is 0.172 e. The Kier molecular flexibility index (Phi) is 4.91. The van der Waals surface area contributed by atoms with E-state index in [9.17, 15) is 9.90 Å². The number of aryl methyl sites for hydroxylation is 2. The molecule has 0 saturated carbocycles.